The van der Waals surface area contributed by atoms with Gasteiger partial charge in [0.25, 0.3) is 0 Å². The first kappa shape index (κ1) is 11.4. The van der Waals surface area contributed by atoms with E-state index in [4.69, 9.17) is 11.2 Å². The fourth-order valence-electron chi connectivity index (χ4n) is 1.61. The number of terminal acetylenes is 1. The lowest BCUT2D eigenvalue weighted by Crippen LogP contribution is -1.94. The summed E-state index contributed by atoms with van der Waals surface area (Å²) in [6, 6.07) is 18.0. The van der Waals surface area contributed by atoms with E-state index < -0.39 is 0 Å². The maximum absolute atomic E-state index is 5.64. The van der Waals surface area contributed by atoms with Crippen LogP contribution in [0.3, 0.4) is 0 Å². The molecule has 17 heavy (non-hydrogen) atoms. The molecule has 0 N–H and O–H groups in total. The van der Waals surface area contributed by atoms with E-state index in [1.165, 1.54) is 5.56 Å². The van der Waals surface area contributed by atoms with Crippen LogP contribution in [0.25, 0.3) is 0 Å². The van der Waals surface area contributed by atoms with Crippen molar-refractivity contribution < 1.29 is 4.74 Å². The van der Waals surface area contributed by atoms with Crippen LogP contribution in [0.2, 0.25) is 0 Å². The summed E-state index contributed by atoms with van der Waals surface area (Å²) in [5, 5.41) is 0. The third kappa shape index (κ3) is 3.48. The van der Waals surface area contributed by atoms with Crippen molar-refractivity contribution in [2.45, 2.75) is 13.2 Å². The van der Waals surface area contributed by atoms with Crippen molar-refractivity contribution in [3.63, 3.8) is 0 Å². The minimum atomic E-state index is 0.588. The molecule has 0 heterocycles. The maximum atomic E-state index is 5.64. The van der Waals surface area contributed by atoms with Crippen molar-refractivity contribution in [1.29, 1.82) is 0 Å². The van der Waals surface area contributed by atoms with E-state index in [0.717, 1.165) is 11.1 Å². The number of benzene rings is 2. The first-order valence-electron chi connectivity index (χ1n) is 5.56. The first-order chi connectivity index (χ1) is 8.38. The highest BCUT2D eigenvalue weighted by Crippen LogP contribution is 2.07. The second kappa shape index (κ2) is 5.89. The van der Waals surface area contributed by atoms with Gasteiger partial charge in [0.05, 0.1) is 13.2 Å². The predicted octanol–water partition coefficient (Wildman–Crippen LogP) is 3.38. The average Bonchev–Trinajstić information content (AvgIpc) is 2.40. The summed E-state index contributed by atoms with van der Waals surface area (Å²) < 4.78 is 5.64. The number of rotatable bonds is 4. The van der Waals surface area contributed by atoms with E-state index in [9.17, 15) is 0 Å². The van der Waals surface area contributed by atoms with Crippen LogP contribution in [-0.4, -0.2) is 0 Å². The molecule has 0 aromatic heterocycles. The molecule has 2 rings (SSSR count). The zero-order valence-electron chi connectivity index (χ0n) is 9.60. The van der Waals surface area contributed by atoms with Gasteiger partial charge in [0, 0.05) is 5.56 Å². The van der Waals surface area contributed by atoms with Gasteiger partial charge in [0.2, 0.25) is 0 Å². The van der Waals surface area contributed by atoms with Gasteiger partial charge >= 0.3 is 0 Å². The van der Waals surface area contributed by atoms with Gasteiger partial charge in [-0.15, -0.1) is 6.42 Å². The van der Waals surface area contributed by atoms with Gasteiger partial charge < -0.3 is 4.74 Å². The highest BCUT2D eigenvalue weighted by Gasteiger charge is 1.95. The molecule has 0 spiro atoms. The molecule has 2 aromatic rings. The van der Waals surface area contributed by atoms with Crippen molar-refractivity contribution in [2.24, 2.45) is 0 Å². The Morgan fingerprint density at radius 1 is 0.882 bits per heavy atom. The smallest absolute Gasteiger partial charge is 0.0721 e. The fraction of sp³-hybridized carbons (Fsp3) is 0.125. The predicted molar refractivity (Wildman–Crippen MR) is 69.3 cm³/mol. The zero-order chi connectivity index (χ0) is 11.9. The molecule has 0 aliphatic heterocycles. The minimum absolute atomic E-state index is 0.588. The quantitative estimate of drug-likeness (QED) is 0.720. The normalized spacial score (nSPS) is 9.82. The number of hydrogen-bond acceptors (Lipinski definition) is 1. The van der Waals surface area contributed by atoms with E-state index in [0.29, 0.717) is 13.2 Å². The summed E-state index contributed by atoms with van der Waals surface area (Å²) in [5.41, 5.74) is 3.18. The Balaban J connectivity index is 1.88. The monoisotopic (exact) mass is 222 g/mol. The van der Waals surface area contributed by atoms with E-state index in [2.05, 4.69) is 18.1 Å². The van der Waals surface area contributed by atoms with Crippen LogP contribution in [0, 0.1) is 12.3 Å². The Hall–Kier alpha value is -2.04. The lowest BCUT2D eigenvalue weighted by molar-refractivity contribution is 0.107. The topological polar surface area (TPSA) is 9.23 Å². The Labute approximate surface area is 102 Å². The van der Waals surface area contributed by atoms with Gasteiger partial charge in [-0.3, -0.25) is 0 Å². The van der Waals surface area contributed by atoms with Crippen molar-refractivity contribution >= 4 is 0 Å². The van der Waals surface area contributed by atoms with Gasteiger partial charge in [0.1, 0.15) is 0 Å². The number of ether oxygens (including phenoxy) is 1. The van der Waals surface area contributed by atoms with E-state index in [1.54, 1.807) is 0 Å². The molecule has 0 radical (unpaired) electrons. The van der Waals surface area contributed by atoms with Crippen LogP contribution in [0.1, 0.15) is 16.7 Å². The highest BCUT2D eigenvalue weighted by atomic mass is 16.5. The molecule has 1 nitrogen and oxygen atoms in total. The van der Waals surface area contributed by atoms with Crippen molar-refractivity contribution in [3.05, 3.63) is 71.3 Å². The van der Waals surface area contributed by atoms with E-state index >= 15 is 0 Å². The molecule has 0 bridgehead atoms. The molecule has 0 aliphatic carbocycles. The molecule has 84 valence electrons. The highest BCUT2D eigenvalue weighted by molar-refractivity contribution is 5.34. The molecule has 0 saturated heterocycles. The van der Waals surface area contributed by atoms with Gasteiger partial charge in [-0.1, -0.05) is 48.4 Å². The molecular weight excluding hydrogens is 208 g/mol. The molecule has 0 aliphatic rings. The molecule has 2 aromatic carbocycles. The molecular formula is C16H14O. The zero-order valence-corrected chi connectivity index (χ0v) is 9.60. The Morgan fingerprint density at radius 2 is 1.59 bits per heavy atom. The second-order valence-corrected chi connectivity index (χ2v) is 3.82. The van der Waals surface area contributed by atoms with Crippen molar-refractivity contribution in [2.75, 3.05) is 0 Å². The van der Waals surface area contributed by atoms with Crippen molar-refractivity contribution in [1.82, 2.24) is 0 Å². The largest absolute Gasteiger partial charge is 0.372 e. The van der Waals surface area contributed by atoms with Gasteiger partial charge in [-0.25, -0.2) is 0 Å². The average molecular weight is 222 g/mol. The molecule has 0 fully saturated rings. The second-order valence-electron chi connectivity index (χ2n) is 3.82. The van der Waals surface area contributed by atoms with E-state index in [1.807, 2.05) is 42.5 Å². The van der Waals surface area contributed by atoms with Gasteiger partial charge in [0.15, 0.2) is 0 Å². The van der Waals surface area contributed by atoms with Crippen molar-refractivity contribution in [3.8, 4) is 12.3 Å². The van der Waals surface area contributed by atoms with E-state index in [-0.39, 0.29) is 0 Å². The standard InChI is InChI=1S/C16H14O/c1-2-14-9-6-10-16(11-14)13-17-12-15-7-4-3-5-8-15/h1,3-11H,12-13H2. The first-order valence-corrected chi connectivity index (χ1v) is 5.56. The molecule has 0 saturated carbocycles. The Kier molecular flexibility index (Phi) is 3.96. The van der Waals surface area contributed by atoms with Gasteiger partial charge in [-0.2, -0.15) is 0 Å². The third-order valence-electron chi connectivity index (χ3n) is 2.47. The molecule has 0 amide bonds. The minimum Gasteiger partial charge on any atom is -0.372 e. The van der Waals surface area contributed by atoms with Crippen LogP contribution >= 0.6 is 0 Å². The third-order valence-corrected chi connectivity index (χ3v) is 2.47. The van der Waals surface area contributed by atoms with Crippen LogP contribution < -0.4 is 0 Å². The summed E-state index contributed by atoms with van der Waals surface area (Å²) in [6.45, 7) is 1.21. The van der Waals surface area contributed by atoms with Crippen LogP contribution in [0.15, 0.2) is 54.6 Å². The summed E-state index contributed by atoms with van der Waals surface area (Å²) in [5.74, 6) is 2.62. The Morgan fingerprint density at radius 3 is 2.35 bits per heavy atom. The molecule has 0 unspecified atom stereocenters. The summed E-state index contributed by atoms with van der Waals surface area (Å²) >= 11 is 0. The Bertz CT molecular complexity index is 509. The molecule has 1 heteroatoms. The lowest BCUT2D eigenvalue weighted by atomic mass is 10.1. The fourth-order valence-corrected chi connectivity index (χ4v) is 1.61. The lowest BCUT2D eigenvalue weighted by Gasteiger charge is -2.05. The van der Waals surface area contributed by atoms with Crippen LogP contribution in [0.4, 0.5) is 0 Å². The van der Waals surface area contributed by atoms with Crippen LogP contribution in [-0.2, 0) is 18.0 Å². The number of hydrogen-bond donors (Lipinski definition) is 0. The molecule has 0 atom stereocenters. The summed E-state index contributed by atoms with van der Waals surface area (Å²) in [7, 11) is 0. The SMILES string of the molecule is C#Cc1cccc(COCc2ccccc2)c1. The summed E-state index contributed by atoms with van der Waals surface area (Å²) in [4.78, 5) is 0. The van der Waals surface area contributed by atoms with Gasteiger partial charge in [-0.05, 0) is 23.3 Å². The van der Waals surface area contributed by atoms with Crippen LogP contribution in [0.5, 0.6) is 0 Å². The maximum Gasteiger partial charge on any atom is 0.0721 e. The summed E-state index contributed by atoms with van der Waals surface area (Å²) in [6.07, 6.45) is 5.35.